The number of amides is 1. The highest BCUT2D eigenvalue weighted by atomic mass is 79.9. The maximum absolute atomic E-state index is 12.0. The van der Waals surface area contributed by atoms with Crippen LogP contribution in [0.4, 0.5) is 0 Å². The van der Waals surface area contributed by atoms with E-state index in [1.54, 1.807) is 0 Å². The monoisotopic (exact) mass is 364 g/mol. The van der Waals surface area contributed by atoms with Gasteiger partial charge in [0, 0.05) is 12.6 Å². The number of nitrogens with one attached hydrogen (secondary N) is 1. The molecule has 1 aliphatic carbocycles. The van der Waals surface area contributed by atoms with Gasteiger partial charge in [0.2, 0.25) is 10.0 Å². The van der Waals surface area contributed by atoms with Crippen molar-refractivity contribution < 1.29 is 17.6 Å². The minimum absolute atomic E-state index is 0.0557. The summed E-state index contributed by atoms with van der Waals surface area (Å²) < 4.78 is 27.6. The Hall–Kier alpha value is -0.860. The summed E-state index contributed by atoms with van der Waals surface area (Å²) in [6.45, 7) is 2.70. The van der Waals surface area contributed by atoms with E-state index in [1.165, 1.54) is 0 Å². The van der Waals surface area contributed by atoms with Gasteiger partial charge < -0.3 is 9.73 Å². The summed E-state index contributed by atoms with van der Waals surface area (Å²) in [5.74, 6) is -0.490. The van der Waals surface area contributed by atoms with Crippen LogP contribution in [0.25, 0.3) is 0 Å². The number of carbonyl (C=O) groups is 1. The van der Waals surface area contributed by atoms with E-state index >= 15 is 0 Å². The van der Waals surface area contributed by atoms with Crippen LogP contribution < -0.4 is 10.5 Å². The molecule has 0 bridgehead atoms. The van der Waals surface area contributed by atoms with Crippen LogP contribution in [0.1, 0.15) is 43.2 Å². The molecule has 2 rings (SSSR count). The molecule has 0 atom stereocenters. The second kappa shape index (κ2) is 5.50. The highest BCUT2D eigenvalue weighted by molar-refractivity contribution is 9.10. The van der Waals surface area contributed by atoms with Crippen LogP contribution in [0.5, 0.6) is 0 Å². The van der Waals surface area contributed by atoms with Gasteiger partial charge in [-0.25, -0.2) is 13.6 Å². The Labute approximate surface area is 126 Å². The molecular weight excluding hydrogens is 348 g/mol. The van der Waals surface area contributed by atoms with Crippen LogP contribution in [0.15, 0.2) is 20.0 Å². The van der Waals surface area contributed by atoms with Crippen molar-refractivity contribution in [1.82, 2.24) is 5.32 Å². The van der Waals surface area contributed by atoms with E-state index in [2.05, 4.69) is 28.2 Å². The second-order valence-corrected chi connectivity index (χ2v) is 7.48. The minimum Gasteiger partial charge on any atom is -0.443 e. The molecule has 0 spiro atoms. The summed E-state index contributed by atoms with van der Waals surface area (Å²) in [5, 5.41) is 7.80. The van der Waals surface area contributed by atoms with Gasteiger partial charge in [-0.1, -0.05) is 13.3 Å². The molecule has 1 saturated carbocycles. The molecule has 0 unspecified atom stereocenters. The Morgan fingerprint density at radius 1 is 1.55 bits per heavy atom. The van der Waals surface area contributed by atoms with Crippen molar-refractivity contribution in [3.63, 3.8) is 0 Å². The van der Waals surface area contributed by atoms with E-state index in [4.69, 9.17) is 9.56 Å². The molecular formula is C12H17BrN2O4S. The fourth-order valence-electron chi connectivity index (χ4n) is 2.24. The molecule has 1 heterocycles. The van der Waals surface area contributed by atoms with Crippen LogP contribution in [0.2, 0.25) is 0 Å². The molecule has 1 aromatic rings. The lowest BCUT2D eigenvalue weighted by atomic mass is 10.0. The van der Waals surface area contributed by atoms with Crippen molar-refractivity contribution in [2.24, 2.45) is 10.6 Å². The summed E-state index contributed by atoms with van der Waals surface area (Å²) >= 11 is 2.94. The quantitative estimate of drug-likeness (QED) is 0.805. The average Bonchev–Trinajstić information content (AvgIpc) is 2.98. The molecule has 1 fully saturated rings. The summed E-state index contributed by atoms with van der Waals surface area (Å²) in [6, 6.07) is 1.13. The molecule has 1 aliphatic rings. The van der Waals surface area contributed by atoms with E-state index in [9.17, 15) is 13.2 Å². The third kappa shape index (κ3) is 3.42. The average molecular weight is 365 g/mol. The largest absolute Gasteiger partial charge is 0.443 e. The van der Waals surface area contributed by atoms with E-state index in [1.807, 2.05) is 0 Å². The molecule has 112 valence electrons. The third-order valence-corrected chi connectivity index (χ3v) is 5.31. The number of furan rings is 1. The molecule has 0 aromatic carbocycles. The Morgan fingerprint density at radius 2 is 2.20 bits per heavy atom. The number of primary sulfonamides is 1. The maximum Gasteiger partial charge on any atom is 0.287 e. The number of hydrogen-bond acceptors (Lipinski definition) is 4. The van der Waals surface area contributed by atoms with Gasteiger partial charge in [0.05, 0.1) is 0 Å². The number of carbonyl (C=O) groups excluding carboxylic acids is 1. The predicted molar refractivity (Wildman–Crippen MR) is 76.7 cm³/mol. The lowest BCUT2D eigenvalue weighted by molar-refractivity contribution is 0.0914. The highest BCUT2D eigenvalue weighted by Gasteiger charge is 2.41. The lowest BCUT2D eigenvalue weighted by Gasteiger charge is -2.13. The van der Waals surface area contributed by atoms with Crippen molar-refractivity contribution in [3.05, 3.63) is 16.5 Å². The normalized spacial score (nSPS) is 16.9. The number of sulfonamides is 1. The molecule has 6 nitrogen and oxygen atoms in total. The predicted octanol–water partition coefficient (Wildman–Crippen LogP) is 2.00. The molecule has 8 heteroatoms. The fourth-order valence-corrected chi connectivity index (χ4v) is 3.74. The van der Waals surface area contributed by atoms with Crippen molar-refractivity contribution in [3.8, 4) is 0 Å². The zero-order valence-electron chi connectivity index (χ0n) is 11.1. The Kier molecular flexibility index (Phi) is 4.27. The third-order valence-electron chi connectivity index (χ3n) is 3.55. The SMILES string of the molecule is CCCC1(CNC(=O)c2cc(S(N)(=O)=O)c(Br)o2)CC1. The Balaban J connectivity index is 2.04. The first kappa shape index (κ1) is 15.5. The van der Waals surface area contributed by atoms with Crippen LogP contribution >= 0.6 is 15.9 Å². The van der Waals surface area contributed by atoms with E-state index in [0.717, 1.165) is 31.7 Å². The van der Waals surface area contributed by atoms with Crippen LogP contribution in [-0.2, 0) is 10.0 Å². The Bertz CT molecular complexity index is 619. The van der Waals surface area contributed by atoms with E-state index in [0.29, 0.717) is 6.54 Å². The van der Waals surface area contributed by atoms with Gasteiger partial charge in [-0.15, -0.1) is 0 Å². The number of rotatable bonds is 6. The smallest absolute Gasteiger partial charge is 0.287 e. The van der Waals surface area contributed by atoms with Gasteiger partial charge in [0.1, 0.15) is 4.90 Å². The van der Waals surface area contributed by atoms with Crippen molar-refractivity contribution in [2.75, 3.05) is 6.54 Å². The standard InChI is InChI=1S/C12H17BrN2O4S/c1-2-3-12(4-5-12)7-15-11(16)8-6-9(10(13)19-8)20(14,17)18/h6H,2-5,7H2,1H3,(H,15,16)(H2,14,17,18). The molecule has 0 saturated heterocycles. The van der Waals surface area contributed by atoms with Gasteiger partial charge in [0.25, 0.3) is 5.91 Å². The van der Waals surface area contributed by atoms with Crippen LogP contribution in [-0.4, -0.2) is 20.9 Å². The summed E-state index contributed by atoms with van der Waals surface area (Å²) in [6.07, 6.45) is 4.39. The van der Waals surface area contributed by atoms with Gasteiger partial charge in [0.15, 0.2) is 10.4 Å². The molecule has 3 N–H and O–H groups in total. The van der Waals surface area contributed by atoms with E-state index in [-0.39, 0.29) is 20.7 Å². The Morgan fingerprint density at radius 3 is 2.65 bits per heavy atom. The summed E-state index contributed by atoms with van der Waals surface area (Å²) in [5.41, 5.74) is 0.219. The van der Waals surface area contributed by atoms with Crippen LogP contribution in [0.3, 0.4) is 0 Å². The minimum atomic E-state index is -3.91. The van der Waals surface area contributed by atoms with Gasteiger partial charge >= 0.3 is 0 Å². The van der Waals surface area contributed by atoms with Gasteiger partial charge in [-0.05, 0) is 40.6 Å². The maximum atomic E-state index is 12.0. The summed E-state index contributed by atoms with van der Waals surface area (Å²) in [7, 11) is -3.91. The first-order chi connectivity index (χ1) is 9.27. The molecule has 1 amide bonds. The fraction of sp³-hybridized carbons (Fsp3) is 0.583. The van der Waals surface area contributed by atoms with Gasteiger partial charge in [-0.3, -0.25) is 4.79 Å². The van der Waals surface area contributed by atoms with Crippen molar-refractivity contribution >= 4 is 31.9 Å². The first-order valence-corrected chi connectivity index (χ1v) is 8.72. The zero-order chi connectivity index (χ0) is 15.0. The zero-order valence-corrected chi connectivity index (χ0v) is 13.5. The molecule has 1 aromatic heterocycles. The summed E-state index contributed by atoms with van der Waals surface area (Å²) in [4.78, 5) is 11.7. The second-order valence-electron chi connectivity index (χ2n) is 5.23. The number of halogens is 1. The number of nitrogens with two attached hydrogens (primary N) is 1. The molecule has 0 aliphatic heterocycles. The topological polar surface area (TPSA) is 102 Å². The molecule has 20 heavy (non-hydrogen) atoms. The van der Waals surface area contributed by atoms with Crippen LogP contribution in [0, 0.1) is 5.41 Å². The van der Waals surface area contributed by atoms with E-state index < -0.39 is 15.9 Å². The van der Waals surface area contributed by atoms with Crippen molar-refractivity contribution in [1.29, 1.82) is 0 Å². The first-order valence-electron chi connectivity index (χ1n) is 6.38. The lowest BCUT2D eigenvalue weighted by Crippen LogP contribution is -2.29. The van der Waals surface area contributed by atoms with Gasteiger partial charge in [-0.2, -0.15) is 0 Å². The van der Waals surface area contributed by atoms with Crippen molar-refractivity contribution in [2.45, 2.75) is 37.5 Å². The molecule has 0 radical (unpaired) electrons. The highest BCUT2D eigenvalue weighted by Crippen LogP contribution is 2.48. The number of hydrogen-bond donors (Lipinski definition) is 2.